The number of urea groups is 1. The third-order valence-electron chi connectivity index (χ3n) is 5.69. The van der Waals surface area contributed by atoms with Gasteiger partial charge in [-0.1, -0.05) is 62.0 Å². The molecule has 0 aliphatic rings. The molecule has 0 aliphatic carbocycles. The maximum Gasteiger partial charge on any atom is 0.442 e. The molecule has 0 atom stereocenters. The van der Waals surface area contributed by atoms with Crippen LogP contribution in [0.4, 0.5) is 28.3 Å². The Morgan fingerprint density at radius 1 is 1.04 bits per heavy atom. The predicted octanol–water partition coefficient (Wildman–Crippen LogP) is 5.33. The molecule has 52 heavy (non-hydrogen) atoms. The number of nitrogens with one attached hydrogen (secondary N) is 2. The van der Waals surface area contributed by atoms with Crippen molar-refractivity contribution in [3.05, 3.63) is 74.5 Å². The summed E-state index contributed by atoms with van der Waals surface area (Å²) in [6.07, 6.45) is 5.15. The first-order valence-electron chi connectivity index (χ1n) is 13.8. The molecule has 0 fully saturated rings. The molecule has 2 aromatic heterocycles. The number of hydrogen-bond donors (Lipinski definition) is 3. The summed E-state index contributed by atoms with van der Waals surface area (Å²) in [5, 5.41) is 15.4. The topological polar surface area (TPSA) is 214 Å². The maximum atomic E-state index is 12.3. The normalized spacial score (nSPS) is 11.3. The molecule has 2 aromatic carbocycles. The second-order valence-electron chi connectivity index (χ2n) is 10.5. The number of alkyl halides is 4. The molecular weight excluding hydrogens is 771 g/mol. The van der Waals surface area contributed by atoms with Gasteiger partial charge in [-0.05, 0) is 18.2 Å². The van der Waals surface area contributed by atoms with Crippen molar-refractivity contribution in [3.8, 4) is 35.5 Å². The Labute approximate surface area is 300 Å². The number of ether oxygens (including phenoxy) is 3. The van der Waals surface area contributed by atoms with Crippen molar-refractivity contribution < 1.29 is 59.3 Å². The number of carboxylic acid groups (broad SMARTS) is 1. The Hall–Kier alpha value is -5.59. The van der Waals surface area contributed by atoms with E-state index < -0.39 is 74.6 Å². The van der Waals surface area contributed by atoms with Crippen molar-refractivity contribution in [2.75, 3.05) is 11.9 Å². The Balaban J connectivity index is 0.000000294. The highest BCUT2D eigenvalue weighted by Gasteiger charge is 2.26. The number of sulfonamides is 1. The number of hydrogen-bond acceptors (Lipinski definition) is 12. The van der Waals surface area contributed by atoms with Gasteiger partial charge in [0.15, 0.2) is 0 Å². The fourth-order valence-electron chi connectivity index (χ4n) is 3.59. The average molecular weight is 796 g/mol. The monoisotopic (exact) mass is 794 g/mol. The molecular formula is C29H24Cl2F4N6O10S. The number of benzene rings is 2. The van der Waals surface area contributed by atoms with Crippen LogP contribution < -0.4 is 30.0 Å². The van der Waals surface area contributed by atoms with Crippen LogP contribution in [0.1, 0.15) is 37.0 Å². The lowest BCUT2D eigenvalue weighted by molar-refractivity contribution is -0.0579. The summed E-state index contributed by atoms with van der Waals surface area (Å²) in [7, 11) is -4.71. The lowest BCUT2D eigenvalue weighted by atomic mass is 9.97. The van der Waals surface area contributed by atoms with Gasteiger partial charge in [-0.25, -0.2) is 27.5 Å². The molecule has 2 heterocycles. The van der Waals surface area contributed by atoms with E-state index in [-0.39, 0.29) is 16.7 Å². The van der Waals surface area contributed by atoms with Gasteiger partial charge in [-0.15, -0.1) is 11.5 Å². The summed E-state index contributed by atoms with van der Waals surface area (Å²) >= 11 is 12.2. The van der Waals surface area contributed by atoms with E-state index in [0.29, 0.717) is 23.4 Å². The molecule has 278 valence electrons. The van der Waals surface area contributed by atoms with Gasteiger partial charge in [-0.2, -0.15) is 32.2 Å². The summed E-state index contributed by atoms with van der Waals surface area (Å²) in [6, 6.07) is 6.18. The zero-order valence-corrected chi connectivity index (χ0v) is 28.9. The van der Waals surface area contributed by atoms with Crippen LogP contribution in [-0.4, -0.2) is 65.1 Å². The standard InChI is InChI=1S/C15H14Cl2N2O3.C14H10F4N4O7S/c1-5-6-21-12-8-11(9(16)7-10(12)17)19-14(20)22-13(18-19)15(2,3)4;15-11(16)28-8-5-9(29-12(17)18)20-13(19-8)21-14(25)22-30(26,27)7-4-2-1-3-6(7)10(23)24/h1,7-8H,6H2,2-4H3;1-5,11-12H,(H,23,24)(H2,19,20,21,22,25). The zero-order valence-electron chi connectivity index (χ0n) is 26.6. The molecule has 0 saturated heterocycles. The van der Waals surface area contributed by atoms with Crippen molar-refractivity contribution in [2.45, 2.75) is 44.3 Å². The van der Waals surface area contributed by atoms with Gasteiger partial charge in [0.25, 0.3) is 10.0 Å². The quantitative estimate of drug-likeness (QED) is 0.130. The first-order valence-corrected chi connectivity index (χ1v) is 16.1. The predicted molar refractivity (Wildman–Crippen MR) is 173 cm³/mol. The second kappa shape index (κ2) is 17.1. The molecule has 4 rings (SSSR count). The highest BCUT2D eigenvalue weighted by molar-refractivity contribution is 7.90. The summed E-state index contributed by atoms with van der Waals surface area (Å²) in [5.74, 6) is -2.15. The molecule has 0 radical (unpaired) electrons. The third-order valence-corrected chi connectivity index (χ3v) is 7.68. The summed E-state index contributed by atoms with van der Waals surface area (Å²) in [4.78, 5) is 40.9. The van der Waals surface area contributed by atoms with Crippen LogP contribution in [0, 0.1) is 12.3 Å². The van der Waals surface area contributed by atoms with Gasteiger partial charge >= 0.3 is 31.0 Å². The molecule has 0 unspecified atom stereocenters. The van der Waals surface area contributed by atoms with Crippen LogP contribution in [0.25, 0.3) is 5.69 Å². The first kappa shape index (κ1) is 40.8. The summed E-state index contributed by atoms with van der Waals surface area (Å²) < 4.78 is 94.6. The molecule has 0 bridgehead atoms. The fourth-order valence-corrected chi connectivity index (χ4v) is 5.21. The number of amides is 2. The maximum absolute atomic E-state index is 12.3. The van der Waals surface area contributed by atoms with Gasteiger partial charge in [-0.3, -0.25) is 5.32 Å². The minimum absolute atomic E-state index is 0.0434. The van der Waals surface area contributed by atoms with Crippen LogP contribution in [0.5, 0.6) is 17.5 Å². The van der Waals surface area contributed by atoms with Crippen LogP contribution in [0.2, 0.25) is 10.0 Å². The van der Waals surface area contributed by atoms with Crippen LogP contribution in [-0.2, 0) is 15.4 Å². The van der Waals surface area contributed by atoms with E-state index in [1.807, 2.05) is 20.8 Å². The molecule has 0 aliphatic heterocycles. The number of aromatic nitrogens is 4. The lowest BCUT2D eigenvalue weighted by Crippen LogP contribution is -2.35. The number of terminal acetylenes is 1. The van der Waals surface area contributed by atoms with E-state index in [2.05, 4.69) is 30.5 Å². The number of nitrogens with zero attached hydrogens (tertiary/aromatic N) is 4. The van der Waals surface area contributed by atoms with Crippen molar-refractivity contribution in [2.24, 2.45) is 0 Å². The molecule has 16 nitrogen and oxygen atoms in total. The van der Waals surface area contributed by atoms with Gasteiger partial charge in [0.05, 0.1) is 27.4 Å². The molecule has 0 saturated carbocycles. The largest absolute Gasteiger partial charge is 0.479 e. The first-order chi connectivity index (χ1) is 24.2. The van der Waals surface area contributed by atoms with Crippen molar-refractivity contribution in [1.82, 2.24) is 24.5 Å². The molecule has 23 heteroatoms. The minimum atomic E-state index is -4.71. The van der Waals surface area contributed by atoms with Gasteiger partial charge in [0.2, 0.25) is 23.6 Å². The molecule has 2 amide bonds. The Morgan fingerprint density at radius 2 is 1.63 bits per heavy atom. The van der Waals surface area contributed by atoms with Gasteiger partial charge in [0, 0.05) is 11.5 Å². The number of halogens is 6. The number of carboxylic acids is 1. The number of rotatable bonds is 11. The highest BCUT2D eigenvalue weighted by atomic mass is 35.5. The van der Waals surface area contributed by atoms with Gasteiger partial charge in [0.1, 0.15) is 17.3 Å². The van der Waals surface area contributed by atoms with E-state index in [0.717, 1.165) is 16.8 Å². The Morgan fingerprint density at radius 3 is 2.15 bits per heavy atom. The lowest BCUT2D eigenvalue weighted by Gasteiger charge is -2.11. The van der Waals surface area contributed by atoms with Crippen LogP contribution in [0.15, 0.2) is 56.6 Å². The van der Waals surface area contributed by atoms with E-state index in [1.165, 1.54) is 29.0 Å². The number of aromatic carboxylic acids is 1. The number of carbonyl (C=O) groups is 2. The highest BCUT2D eigenvalue weighted by Crippen LogP contribution is 2.33. The van der Waals surface area contributed by atoms with Crippen molar-refractivity contribution in [1.29, 1.82) is 0 Å². The van der Waals surface area contributed by atoms with Crippen molar-refractivity contribution in [3.63, 3.8) is 0 Å². The molecule has 3 N–H and O–H groups in total. The van der Waals surface area contributed by atoms with Gasteiger partial charge < -0.3 is 23.7 Å². The fraction of sp³-hybridized carbons (Fsp3) is 0.241. The Kier molecular flexibility index (Phi) is 13.4. The van der Waals surface area contributed by atoms with E-state index >= 15 is 0 Å². The van der Waals surface area contributed by atoms with Crippen molar-refractivity contribution >= 4 is 51.2 Å². The third kappa shape index (κ3) is 11.2. The summed E-state index contributed by atoms with van der Waals surface area (Å²) in [5.41, 5.74) is -0.747. The number of anilines is 1. The Bertz CT molecular complexity index is 2130. The summed E-state index contributed by atoms with van der Waals surface area (Å²) in [6.45, 7) is -1.13. The number of carbonyl (C=O) groups excluding carboxylic acids is 1. The molecule has 4 aromatic rings. The van der Waals surface area contributed by atoms with E-state index in [1.54, 1.807) is 5.32 Å². The second-order valence-corrected chi connectivity index (χ2v) is 13.0. The van der Waals surface area contributed by atoms with E-state index in [9.17, 15) is 40.4 Å². The smallest absolute Gasteiger partial charge is 0.442 e. The SMILES string of the molecule is C#CCOc1cc(-n2nc(C(C)(C)C)oc2=O)c(Cl)cc1Cl.O=C(Nc1nc(OC(F)F)cc(OC(F)F)n1)NS(=O)(=O)c1ccccc1C(=O)O. The minimum Gasteiger partial charge on any atom is -0.479 e. The van der Waals surface area contributed by atoms with Crippen LogP contribution in [0.3, 0.4) is 0 Å². The average Bonchev–Trinajstić information content (AvgIpc) is 3.41. The van der Waals surface area contributed by atoms with Crippen LogP contribution >= 0.6 is 23.2 Å². The molecule has 0 spiro atoms. The van der Waals surface area contributed by atoms with E-state index in [4.69, 9.17) is 43.9 Å². The zero-order chi connectivity index (χ0) is 39.0.